The van der Waals surface area contributed by atoms with Crippen molar-refractivity contribution < 1.29 is 24.1 Å². The van der Waals surface area contributed by atoms with Gasteiger partial charge in [0.15, 0.2) is 0 Å². The standard InChI is InChI=1S/C24H39NO5/c1-18(2)23(30-17-28-3)15-22(26)21(14-19-10-6-4-7-11-19)25-24(27)29-16-20-12-8-5-9-13-20/h5,8-9,12-13,18-19,21-23,26H,4,6-7,10-11,14-17H2,1-3H3,(H,25,27)/t21-,22-,23-/m0/s1. The molecule has 0 spiro atoms. The average molecular weight is 422 g/mol. The van der Waals surface area contributed by atoms with Gasteiger partial charge in [-0.1, -0.05) is 76.3 Å². The molecule has 0 radical (unpaired) electrons. The molecule has 1 amide bonds. The van der Waals surface area contributed by atoms with Crippen LogP contribution in [0.1, 0.15) is 64.4 Å². The number of methoxy groups -OCH3 is 1. The lowest BCUT2D eigenvalue weighted by atomic mass is 9.82. The van der Waals surface area contributed by atoms with Gasteiger partial charge in [0.2, 0.25) is 0 Å². The van der Waals surface area contributed by atoms with Crippen LogP contribution in [0.5, 0.6) is 0 Å². The molecule has 170 valence electrons. The van der Waals surface area contributed by atoms with E-state index in [0.717, 1.165) is 24.8 Å². The summed E-state index contributed by atoms with van der Waals surface area (Å²) in [5.74, 6) is 0.750. The largest absolute Gasteiger partial charge is 0.445 e. The third-order valence-corrected chi connectivity index (χ3v) is 5.91. The number of alkyl carbamates (subject to hydrolysis) is 1. The first-order valence-corrected chi connectivity index (χ1v) is 11.3. The number of nitrogens with one attached hydrogen (secondary N) is 1. The van der Waals surface area contributed by atoms with Crippen LogP contribution in [0.4, 0.5) is 4.79 Å². The zero-order valence-corrected chi connectivity index (χ0v) is 18.7. The van der Waals surface area contributed by atoms with Crippen molar-refractivity contribution >= 4 is 6.09 Å². The molecule has 1 saturated carbocycles. The third-order valence-electron chi connectivity index (χ3n) is 5.91. The molecule has 1 aliphatic carbocycles. The Morgan fingerprint density at radius 3 is 2.50 bits per heavy atom. The Labute approximate surface area is 181 Å². The number of hydrogen-bond donors (Lipinski definition) is 2. The lowest BCUT2D eigenvalue weighted by Crippen LogP contribution is -2.46. The zero-order valence-electron chi connectivity index (χ0n) is 18.7. The van der Waals surface area contributed by atoms with E-state index < -0.39 is 12.2 Å². The number of aliphatic hydroxyl groups is 1. The monoisotopic (exact) mass is 421 g/mol. The number of hydrogen-bond acceptors (Lipinski definition) is 5. The number of benzene rings is 1. The van der Waals surface area contributed by atoms with E-state index in [1.54, 1.807) is 7.11 Å². The highest BCUT2D eigenvalue weighted by Gasteiger charge is 2.29. The maximum Gasteiger partial charge on any atom is 0.407 e. The molecule has 0 bridgehead atoms. The highest BCUT2D eigenvalue weighted by Crippen LogP contribution is 2.29. The molecule has 30 heavy (non-hydrogen) atoms. The fourth-order valence-electron chi connectivity index (χ4n) is 4.10. The van der Waals surface area contributed by atoms with Crippen LogP contribution in [0.25, 0.3) is 0 Å². The smallest absolute Gasteiger partial charge is 0.407 e. The fraction of sp³-hybridized carbons (Fsp3) is 0.708. The van der Waals surface area contributed by atoms with Gasteiger partial charge in [0.05, 0.1) is 18.2 Å². The molecule has 0 aromatic heterocycles. The zero-order chi connectivity index (χ0) is 21.8. The minimum atomic E-state index is -0.708. The summed E-state index contributed by atoms with van der Waals surface area (Å²) in [6, 6.07) is 9.24. The number of ether oxygens (including phenoxy) is 3. The lowest BCUT2D eigenvalue weighted by Gasteiger charge is -2.32. The second kappa shape index (κ2) is 13.6. The van der Waals surface area contributed by atoms with Crippen molar-refractivity contribution in [3.05, 3.63) is 35.9 Å². The predicted molar refractivity (Wildman–Crippen MR) is 117 cm³/mol. The Kier molecular flexibility index (Phi) is 11.2. The molecular weight excluding hydrogens is 382 g/mol. The van der Waals surface area contributed by atoms with E-state index in [2.05, 4.69) is 19.2 Å². The van der Waals surface area contributed by atoms with Gasteiger partial charge in [0.1, 0.15) is 13.4 Å². The van der Waals surface area contributed by atoms with Gasteiger partial charge in [-0.25, -0.2) is 4.79 Å². The topological polar surface area (TPSA) is 77.0 Å². The van der Waals surface area contributed by atoms with Crippen LogP contribution in [0.2, 0.25) is 0 Å². The van der Waals surface area contributed by atoms with Crippen LogP contribution in [-0.4, -0.2) is 43.4 Å². The summed E-state index contributed by atoms with van der Waals surface area (Å²) in [6.07, 6.45) is 5.88. The van der Waals surface area contributed by atoms with Crippen molar-refractivity contribution in [1.82, 2.24) is 5.32 Å². The minimum Gasteiger partial charge on any atom is -0.445 e. The average Bonchev–Trinajstić information content (AvgIpc) is 2.76. The Hall–Kier alpha value is -1.63. The van der Waals surface area contributed by atoms with Crippen LogP contribution in [0.15, 0.2) is 30.3 Å². The first kappa shape index (κ1) is 24.6. The van der Waals surface area contributed by atoms with E-state index in [0.29, 0.717) is 12.3 Å². The number of rotatable bonds is 12. The van der Waals surface area contributed by atoms with Crippen molar-refractivity contribution in [2.24, 2.45) is 11.8 Å². The summed E-state index contributed by atoms with van der Waals surface area (Å²) >= 11 is 0. The summed E-state index contributed by atoms with van der Waals surface area (Å²) in [6.45, 7) is 4.52. The maximum absolute atomic E-state index is 12.5. The quantitative estimate of drug-likeness (QED) is 0.481. The molecular formula is C24H39NO5. The van der Waals surface area contributed by atoms with Gasteiger partial charge in [0.25, 0.3) is 0 Å². The van der Waals surface area contributed by atoms with Crippen LogP contribution in [0, 0.1) is 11.8 Å². The molecule has 0 aliphatic heterocycles. The van der Waals surface area contributed by atoms with Crippen molar-refractivity contribution in [3.8, 4) is 0 Å². The van der Waals surface area contributed by atoms with Crippen molar-refractivity contribution in [2.45, 2.75) is 83.6 Å². The Morgan fingerprint density at radius 2 is 1.87 bits per heavy atom. The molecule has 3 atom stereocenters. The van der Waals surface area contributed by atoms with E-state index >= 15 is 0 Å². The van der Waals surface area contributed by atoms with Gasteiger partial charge in [0, 0.05) is 13.5 Å². The summed E-state index contributed by atoms with van der Waals surface area (Å²) in [7, 11) is 1.59. The van der Waals surface area contributed by atoms with E-state index in [9.17, 15) is 9.90 Å². The molecule has 2 rings (SSSR count). The molecule has 0 saturated heterocycles. The summed E-state index contributed by atoms with van der Waals surface area (Å²) < 4.78 is 16.2. The lowest BCUT2D eigenvalue weighted by molar-refractivity contribution is -0.102. The van der Waals surface area contributed by atoms with Gasteiger partial charge >= 0.3 is 6.09 Å². The first-order valence-electron chi connectivity index (χ1n) is 11.3. The van der Waals surface area contributed by atoms with Crippen molar-refractivity contribution in [3.63, 3.8) is 0 Å². The van der Waals surface area contributed by atoms with Gasteiger partial charge < -0.3 is 24.6 Å². The Balaban J connectivity index is 1.96. The highest BCUT2D eigenvalue weighted by atomic mass is 16.7. The number of amides is 1. The van der Waals surface area contributed by atoms with E-state index in [1.807, 2.05) is 30.3 Å². The first-order chi connectivity index (χ1) is 14.5. The molecule has 6 nitrogen and oxygen atoms in total. The van der Waals surface area contributed by atoms with E-state index in [1.165, 1.54) is 19.3 Å². The van der Waals surface area contributed by atoms with Gasteiger partial charge in [-0.2, -0.15) is 0 Å². The Morgan fingerprint density at radius 1 is 1.17 bits per heavy atom. The van der Waals surface area contributed by atoms with Crippen LogP contribution in [0.3, 0.4) is 0 Å². The minimum absolute atomic E-state index is 0.143. The normalized spacial score (nSPS) is 18.0. The Bertz CT molecular complexity index is 589. The van der Waals surface area contributed by atoms with Crippen molar-refractivity contribution in [1.29, 1.82) is 0 Å². The maximum atomic E-state index is 12.5. The third kappa shape index (κ3) is 9.02. The molecule has 1 aromatic rings. The molecule has 6 heteroatoms. The molecule has 1 fully saturated rings. The molecule has 0 heterocycles. The van der Waals surface area contributed by atoms with Crippen LogP contribution < -0.4 is 5.32 Å². The predicted octanol–water partition coefficient (Wildman–Crippen LogP) is 4.65. The molecule has 2 N–H and O–H groups in total. The number of carbonyl (C=O) groups is 1. The highest BCUT2D eigenvalue weighted by molar-refractivity contribution is 5.67. The number of aliphatic hydroxyl groups excluding tert-OH is 1. The summed E-state index contributed by atoms with van der Waals surface area (Å²) in [5, 5.41) is 13.9. The molecule has 0 unspecified atom stereocenters. The van der Waals surface area contributed by atoms with Crippen LogP contribution in [-0.2, 0) is 20.8 Å². The second-order valence-corrected chi connectivity index (χ2v) is 8.71. The SMILES string of the molecule is COCO[C@@H](C[C@H](O)[C@H](CC1CCCCC1)NC(=O)OCc1ccccc1)C(C)C. The molecule has 1 aliphatic rings. The number of carbonyl (C=O) groups excluding carboxylic acids is 1. The van der Waals surface area contributed by atoms with Gasteiger partial charge in [-0.3, -0.25) is 0 Å². The van der Waals surface area contributed by atoms with Gasteiger partial charge in [-0.05, 0) is 23.8 Å². The van der Waals surface area contributed by atoms with E-state index in [4.69, 9.17) is 14.2 Å². The summed E-state index contributed by atoms with van der Waals surface area (Å²) in [5.41, 5.74) is 0.935. The fourth-order valence-corrected chi connectivity index (χ4v) is 4.10. The molecule has 1 aromatic carbocycles. The van der Waals surface area contributed by atoms with E-state index in [-0.39, 0.29) is 31.5 Å². The second-order valence-electron chi connectivity index (χ2n) is 8.71. The van der Waals surface area contributed by atoms with Gasteiger partial charge in [-0.15, -0.1) is 0 Å². The van der Waals surface area contributed by atoms with Crippen molar-refractivity contribution in [2.75, 3.05) is 13.9 Å². The summed E-state index contributed by atoms with van der Waals surface area (Å²) in [4.78, 5) is 12.5. The van der Waals surface area contributed by atoms with Crippen LogP contribution >= 0.6 is 0 Å².